The Hall–Kier alpha value is -3.04. The van der Waals surface area contributed by atoms with Crippen molar-refractivity contribution in [1.29, 1.82) is 0 Å². The number of fused-ring (bicyclic) bond motifs is 3. The first-order valence-electron chi connectivity index (χ1n) is 20.0. The Balaban J connectivity index is 0.000000212. The summed E-state index contributed by atoms with van der Waals surface area (Å²) in [5.41, 5.74) is -0.0802. The van der Waals surface area contributed by atoms with Gasteiger partial charge in [-0.2, -0.15) is 0 Å². The van der Waals surface area contributed by atoms with Crippen molar-refractivity contribution in [2.45, 2.75) is 111 Å². The molecular weight excluding hydrogens is 863 g/mol. The molecule has 0 unspecified atom stereocenters. The normalized spacial score (nSPS) is 25.6. The van der Waals surface area contributed by atoms with E-state index in [1.807, 2.05) is 58.1 Å². The van der Waals surface area contributed by atoms with Gasteiger partial charge in [-0.25, -0.2) is 30.4 Å². The van der Waals surface area contributed by atoms with E-state index in [9.17, 15) is 31.8 Å². The number of hydrogen-bond acceptors (Lipinski definition) is 6. The summed E-state index contributed by atoms with van der Waals surface area (Å²) in [5, 5.41) is 21.3. The Morgan fingerprint density at radius 1 is 0.767 bits per heavy atom. The van der Waals surface area contributed by atoms with Crippen molar-refractivity contribution in [1.82, 2.24) is 0 Å². The minimum absolute atomic E-state index is 0.0290. The van der Waals surface area contributed by atoms with Gasteiger partial charge in [0.2, 0.25) is 0 Å². The maximum absolute atomic E-state index is 15.3. The van der Waals surface area contributed by atoms with Gasteiger partial charge in [-0.1, -0.05) is 56.1 Å². The van der Waals surface area contributed by atoms with Crippen LogP contribution < -0.4 is 4.74 Å². The first-order valence-corrected chi connectivity index (χ1v) is 25.2. The second-order valence-corrected chi connectivity index (χ2v) is 25.8. The van der Waals surface area contributed by atoms with Crippen LogP contribution in [-0.2, 0) is 30.8 Å². The van der Waals surface area contributed by atoms with E-state index in [0.717, 1.165) is 17.7 Å². The van der Waals surface area contributed by atoms with Gasteiger partial charge in [0.25, 0.3) is 0 Å². The molecule has 0 saturated heterocycles. The molecule has 0 radical (unpaired) electrons. The summed E-state index contributed by atoms with van der Waals surface area (Å²) in [4.78, 5) is -0.196. The molecule has 2 fully saturated rings. The quantitative estimate of drug-likeness (QED) is 0.104. The monoisotopic (exact) mass is 912 g/mol. The molecule has 1 aliphatic heterocycles. The maximum atomic E-state index is 15.3. The highest BCUT2D eigenvalue weighted by Gasteiger charge is 2.58. The molecular formula is C45H51Cl2F5O6SSi. The summed E-state index contributed by atoms with van der Waals surface area (Å²) in [5.74, 6) is -6.08. The van der Waals surface area contributed by atoms with Gasteiger partial charge < -0.3 is 19.4 Å². The zero-order valence-corrected chi connectivity index (χ0v) is 37.5. The lowest BCUT2D eigenvalue weighted by Gasteiger charge is -2.49. The van der Waals surface area contributed by atoms with Gasteiger partial charge in [0.1, 0.15) is 16.4 Å². The molecule has 3 aliphatic rings. The van der Waals surface area contributed by atoms with Gasteiger partial charge in [-0.3, -0.25) is 0 Å². The summed E-state index contributed by atoms with van der Waals surface area (Å²) >= 11 is 11.9. The van der Waals surface area contributed by atoms with Crippen LogP contribution in [0.5, 0.6) is 5.75 Å². The van der Waals surface area contributed by atoms with Gasteiger partial charge in [0, 0.05) is 45.0 Å². The van der Waals surface area contributed by atoms with Crippen LogP contribution in [0.25, 0.3) is 0 Å². The summed E-state index contributed by atoms with van der Waals surface area (Å²) in [6.07, 6.45) is 0.539. The van der Waals surface area contributed by atoms with Gasteiger partial charge in [0.15, 0.2) is 41.4 Å². The Bertz CT molecular complexity index is 2290. The molecule has 4 aromatic carbocycles. The van der Waals surface area contributed by atoms with Crippen molar-refractivity contribution in [2.75, 3.05) is 13.2 Å². The third kappa shape index (κ3) is 8.78. The standard InChI is InChI=1S/C25H32ClF3O4SSi.C20H19ClF2O2/c1-24(2,3)35(4,5)33-15-16-14-18(30)12-13-25(16,22-20(27)10-11-21(28)23(22)29)34(31,32)19-8-6-17(26)7-9-19;21-14-3-1-12(2-4-14)10-20-8-7-15(24)9-13(20)11-25-19-17(23)6-5-16(22)18(19)20/h6-11,16,18,30H,12-15H2,1-5H3;1-6,13,15,24H,7-11H2/t16-,18-,25+;13-,15-,20+/m01/s1. The minimum atomic E-state index is -4.51. The molecule has 4 aromatic rings. The number of sulfone groups is 1. The van der Waals surface area contributed by atoms with E-state index in [0.29, 0.717) is 42.3 Å². The van der Waals surface area contributed by atoms with Crippen LogP contribution in [0.1, 0.15) is 76.0 Å². The van der Waals surface area contributed by atoms with Gasteiger partial charge >= 0.3 is 0 Å². The van der Waals surface area contributed by atoms with E-state index in [1.54, 1.807) is 0 Å². The van der Waals surface area contributed by atoms with E-state index < -0.39 is 81.1 Å². The number of benzene rings is 4. The molecule has 0 spiro atoms. The van der Waals surface area contributed by atoms with E-state index in [4.69, 9.17) is 32.4 Å². The molecule has 0 aromatic heterocycles. The topological polar surface area (TPSA) is 93.1 Å². The summed E-state index contributed by atoms with van der Waals surface area (Å²) in [6.45, 7) is 10.1. The number of aliphatic hydroxyl groups is 2. The predicted octanol–water partition coefficient (Wildman–Crippen LogP) is 11.3. The number of halogens is 7. The highest BCUT2D eigenvalue weighted by atomic mass is 35.5. The Morgan fingerprint density at radius 3 is 1.92 bits per heavy atom. The molecule has 6 nitrogen and oxygen atoms in total. The van der Waals surface area contributed by atoms with Crippen molar-refractivity contribution in [2.24, 2.45) is 11.8 Å². The van der Waals surface area contributed by atoms with Gasteiger partial charge in [-0.15, -0.1) is 0 Å². The second kappa shape index (κ2) is 17.6. The lowest BCUT2D eigenvalue weighted by molar-refractivity contribution is 0.00912. The van der Waals surface area contributed by atoms with Crippen molar-refractivity contribution >= 4 is 41.4 Å². The van der Waals surface area contributed by atoms with Crippen LogP contribution in [-0.4, -0.2) is 52.4 Å². The van der Waals surface area contributed by atoms with E-state index >= 15 is 8.78 Å². The largest absolute Gasteiger partial charge is 0.490 e. The number of rotatable bonds is 8. The Morgan fingerprint density at radius 2 is 1.30 bits per heavy atom. The van der Waals surface area contributed by atoms with Crippen LogP contribution in [0, 0.1) is 40.9 Å². The third-order valence-corrected chi connectivity index (χ3v) is 20.9. The molecule has 0 bridgehead atoms. The van der Waals surface area contributed by atoms with Crippen molar-refractivity contribution in [3.63, 3.8) is 0 Å². The average Bonchev–Trinajstić information content (AvgIpc) is 3.18. The average molecular weight is 914 g/mol. The highest BCUT2D eigenvalue weighted by molar-refractivity contribution is 7.92. The predicted molar refractivity (Wildman–Crippen MR) is 225 cm³/mol. The van der Waals surface area contributed by atoms with E-state index in [2.05, 4.69) is 0 Å². The first kappa shape index (κ1) is 46.5. The Kier molecular flexibility index (Phi) is 13.6. The maximum Gasteiger partial charge on any atom is 0.191 e. The zero-order chi connectivity index (χ0) is 44.0. The van der Waals surface area contributed by atoms with Gasteiger partial charge in [0.05, 0.1) is 23.7 Å². The van der Waals surface area contributed by atoms with Gasteiger partial charge in [-0.05, 0) is 129 Å². The molecule has 2 aliphatic carbocycles. The SMILES string of the molecule is CC(C)(C)[Si](C)(C)OC[C@@H]1C[C@@H](O)CC[C@@]1(c1c(F)ccc(F)c1F)S(=O)(=O)c1ccc(Cl)cc1.O[C@@H]1CC[C@@]2(Cc3ccc(Cl)cc3)c3c(F)ccc(F)c3OC[C@H]2C1. The molecule has 2 N–H and O–H groups in total. The molecule has 60 heavy (non-hydrogen) atoms. The van der Waals surface area contributed by atoms with E-state index in [-0.39, 0.29) is 59.1 Å². The summed E-state index contributed by atoms with van der Waals surface area (Å²) in [6, 6.07) is 16.4. The lowest BCUT2D eigenvalue weighted by Crippen LogP contribution is -2.52. The van der Waals surface area contributed by atoms with E-state index in [1.165, 1.54) is 30.3 Å². The van der Waals surface area contributed by atoms with Crippen LogP contribution >= 0.6 is 23.2 Å². The van der Waals surface area contributed by atoms with Crippen LogP contribution in [0.2, 0.25) is 28.2 Å². The highest BCUT2D eigenvalue weighted by Crippen LogP contribution is 2.55. The molecule has 0 amide bonds. The molecule has 15 heteroatoms. The fraction of sp³-hybridized carbons (Fsp3) is 0.467. The first-order chi connectivity index (χ1) is 28.0. The van der Waals surface area contributed by atoms with Crippen molar-refractivity contribution in [3.05, 3.63) is 129 Å². The van der Waals surface area contributed by atoms with Crippen molar-refractivity contribution < 1.29 is 49.7 Å². The lowest BCUT2D eigenvalue weighted by atomic mass is 9.58. The fourth-order valence-corrected chi connectivity index (χ4v) is 12.6. The minimum Gasteiger partial charge on any atom is -0.490 e. The molecule has 1 heterocycles. The molecule has 326 valence electrons. The summed E-state index contributed by atoms with van der Waals surface area (Å²) in [7, 11) is -6.93. The molecule has 7 rings (SSSR count). The number of hydrogen-bond donors (Lipinski definition) is 2. The number of ether oxygens (including phenoxy) is 1. The third-order valence-electron chi connectivity index (χ3n) is 13.3. The zero-order valence-electron chi connectivity index (χ0n) is 34.2. The fourth-order valence-electron chi connectivity index (χ4n) is 8.97. The van der Waals surface area contributed by atoms with Crippen molar-refractivity contribution in [3.8, 4) is 5.75 Å². The smallest absolute Gasteiger partial charge is 0.191 e. The summed E-state index contributed by atoms with van der Waals surface area (Å²) < 4.78 is 112. The Labute approximate surface area is 360 Å². The second-order valence-electron chi connectivity index (χ2n) is 17.9. The van der Waals surface area contributed by atoms with Crippen LogP contribution in [0.3, 0.4) is 0 Å². The molecule has 6 atom stereocenters. The molecule has 2 saturated carbocycles. The van der Waals surface area contributed by atoms with Crippen LogP contribution in [0.15, 0.2) is 77.7 Å². The number of aliphatic hydroxyl groups excluding tert-OH is 2. The van der Waals surface area contributed by atoms with Crippen LogP contribution in [0.4, 0.5) is 22.0 Å².